The number of nitrogens with one attached hydrogen (secondary N) is 2. The first kappa shape index (κ1) is 16.3. The van der Waals surface area contributed by atoms with Gasteiger partial charge in [-0.3, -0.25) is 5.10 Å². The summed E-state index contributed by atoms with van der Waals surface area (Å²) in [6.45, 7) is 1.35. The van der Waals surface area contributed by atoms with Gasteiger partial charge in [-0.15, -0.1) is 0 Å². The topological polar surface area (TPSA) is 60.9 Å². The molecule has 0 amide bonds. The number of H-pyrrole nitrogens is 1. The van der Waals surface area contributed by atoms with Crippen LogP contribution in [0.4, 0.5) is 0 Å². The third-order valence-corrected chi connectivity index (χ3v) is 5.33. The molecule has 1 aliphatic rings. The second kappa shape index (κ2) is 6.98. The Kier molecular flexibility index (Phi) is 4.55. The lowest BCUT2D eigenvalue weighted by atomic mass is 9.85. The summed E-state index contributed by atoms with van der Waals surface area (Å²) in [5.41, 5.74) is 2.82. The van der Waals surface area contributed by atoms with Crippen molar-refractivity contribution in [2.75, 3.05) is 6.54 Å². The molecule has 1 heterocycles. The van der Waals surface area contributed by atoms with E-state index in [2.05, 4.69) is 58.0 Å². The van der Waals surface area contributed by atoms with E-state index >= 15 is 0 Å². The van der Waals surface area contributed by atoms with Gasteiger partial charge in [-0.25, -0.2) is 0 Å². The van der Waals surface area contributed by atoms with E-state index in [0.29, 0.717) is 13.1 Å². The minimum atomic E-state index is -0.540. The Morgan fingerprint density at radius 3 is 2.72 bits per heavy atom. The number of hydrogen-bond acceptors (Lipinski definition) is 3. The number of aliphatic hydroxyl groups is 1. The van der Waals surface area contributed by atoms with Gasteiger partial charge < -0.3 is 10.4 Å². The van der Waals surface area contributed by atoms with E-state index in [0.717, 1.165) is 36.9 Å². The Morgan fingerprint density at radius 1 is 1.04 bits per heavy atom. The molecular weight excluding hydrogens is 310 g/mol. The van der Waals surface area contributed by atoms with Gasteiger partial charge in [0.15, 0.2) is 0 Å². The molecule has 4 nitrogen and oxygen atoms in total. The predicted molar refractivity (Wildman–Crippen MR) is 101 cm³/mol. The molecule has 4 heteroatoms. The first-order chi connectivity index (χ1) is 12.3. The summed E-state index contributed by atoms with van der Waals surface area (Å²) in [4.78, 5) is 0. The SMILES string of the molecule is OC1(CNCc2cn[nH]c2-c2cccc3ccccc23)CCCCC1. The molecule has 0 bridgehead atoms. The highest BCUT2D eigenvalue weighted by atomic mass is 16.3. The van der Waals surface area contributed by atoms with Crippen molar-refractivity contribution in [1.82, 2.24) is 15.5 Å². The fraction of sp³-hybridized carbons (Fsp3) is 0.381. The Bertz CT molecular complexity index is 844. The van der Waals surface area contributed by atoms with Gasteiger partial charge in [-0.1, -0.05) is 61.7 Å². The summed E-state index contributed by atoms with van der Waals surface area (Å²) in [6.07, 6.45) is 7.20. The lowest BCUT2D eigenvalue weighted by molar-refractivity contribution is 0.00468. The molecule has 3 aromatic rings. The van der Waals surface area contributed by atoms with Crippen molar-refractivity contribution >= 4 is 10.8 Å². The average Bonchev–Trinajstić information content (AvgIpc) is 3.10. The van der Waals surface area contributed by atoms with Crippen LogP contribution in [0.3, 0.4) is 0 Å². The summed E-state index contributed by atoms with van der Waals surface area (Å²) in [5, 5.41) is 24.0. The molecule has 1 fully saturated rings. The lowest BCUT2D eigenvalue weighted by Crippen LogP contribution is -2.41. The molecule has 0 aliphatic heterocycles. The van der Waals surface area contributed by atoms with Crippen LogP contribution in [0.2, 0.25) is 0 Å². The summed E-state index contributed by atoms with van der Waals surface area (Å²) in [7, 11) is 0. The highest BCUT2D eigenvalue weighted by Gasteiger charge is 2.28. The van der Waals surface area contributed by atoms with E-state index in [1.54, 1.807) is 0 Å². The Balaban J connectivity index is 1.52. The maximum absolute atomic E-state index is 10.6. The molecule has 1 saturated carbocycles. The smallest absolute Gasteiger partial charge is 0.0771 e. The normalized spacial score (nSPS) is 17.0. The third kappa shape index (κ3) is 3.46. The van der Waals surface area contributed by atoms with Gasteiger partial charge in [0, 0.05) is 24.2 Å². The van der Waals surface area contributed by atoms with Crippen LogP contribution in [-0.4, -0.2) is 27.4 Å². The molecular formula is C21H25N3O. The van der Waals surface area contributed by atoms with Crippen molar-refractivity contribution in [3.63, 3.8) is 0 Å². The van der Waals surface area contributed by atoms with Crippen LogP contribution >= 0.6 is 0 Å². The monoisotopic (exact) mass is 335 g/mol. The number of fused-ring (bicyclic) bond motifs is 1. The Hall–Kier alpha value is -2.17. The summed E-state index contributed by atoms with van der Waals surface area (Å²) < 4.78 is 0. The van der Waals surface area contributed by atoms with E-state index < -0.39 is 5.60 Å². The summed E-state index contributed by atoms with van der Waals surface area (Å²) in [6, 6.07) is 14.8. The number of hydrogen-bond donors (Lipinski definition) is 3. The molecule has 4 rings (SSSR count). The minimum Gasteiger partial charge on any atom is -0.389 e. The van der Waals surface area contributed by atoms with E-state index in [1.165, 1.54) is 22.8 Å². The molecule has 0 radical (unpaired) electrons. The van der Waals surface area contributed by atoms with Gasteiger partial charge in [0.1, 0.15) is 0 Å². The molecule has 0 atom stereocenters. The number of nitrogens with zero attached hydrogens (tertiary/aromatic N) is 1. The molecule has 130 valence electrons. The standard InChI is InChI=1S/C21H25N3O/c25-21(11-4-1-5-12-21)15-22-13-17-14-23-24-20(17)19-10-6-8-16-7-2-3-9-18(16)19/h2-3,6-10,14,22,25H,1,4-5,11-13,15H2,(H,23,24). The first-order valence-electron chi connectivity index (χ1n) is 9.19. The molecule has 25 heavy (non-hydrogen) atoms. The first-order valence-corrected chi connectivity index (χ1v) is 9.19. The highest BCUT2D eigenvalue weighted by Crippen LogP contribution is 2.30. The predicted octanol–water partition coefficient (Wildman–Crippen LogP) is 4.01. The van der Waals surface area contributed by atoms with Gasteiger partial charge >= 0.3 is 0 Å². The van der Waals surface area contributed by atoms with Crippen LogP contribution in [0.5, 0.6) is 0 Å². The molecule has 0 spiro atoms. The van der Waals surface area contributed by atoms with Crippen molar-refractivity contribution in [3.8, 4) is 11.3 Å². The van der Waals surface area contributed by atoms with Crippen LogP contribution in [0.25, 0.3) is 22.0 Å². The van der Waals surface area contributed by atoms with Gasteiger partial charge in [0.25, 0.3) is 0 Å². The van der Waals surface area contributed by atoms with Crippen LogP contribution in [0, 0.1) is 0 Å². The van der Waals surface area contributed by atoms with Crippen LogP contribution < -0.4 is 5.32 Å². The van der Waals surface area contributed by atoms with Gasteiger partial charge in [-0.05, 0) is 23.6 Å². The van der Waals surface area contributed by atoms with Gasteiger partial charge in [0.2, 0.25) is 0 Å². The molecule has 3 N–H and O–H groups in total. The Labute approximate surface area is 148 Å². The van der Waals surface area contributed by atoms with Gasteiger partial charge in [-0.2, -0.15) is 5.10 Å². The van der Waals surface area contributed by atoms with Crippen molar-refractivity contribution < 1.29 is 5.11 Å². The largest absolute Gasteiger partial charge is 0.389 e. The second-order valence-corrected chi connectivity index (χ2v) is 7.19. The maximum Gasteiger partial charge on any atom is 0.0771 e. The lowest BCUT2D eigenvalue weighted by Gasteiger charge is -2.32. The zero-order valence-electron chi connectivity index (χ0n) is 14.5. The number of benzene rings is 2. The zero-order valence-corrected chi connectivity index (χ0v) is 14.5. The second-order valence-electron chi connectivity index (χ2n) is 7.19. The minimum absolute atomic E-state index is 0.540. The Morgan fingerprint density at radius 2 is 1.84 bits per heavy atom. The fourth-order valence-corrected chi connectivity index (χ4v) is 3.94. The molecule has 1 aromatic heterocycles. The molecule has 2 aromatic carbocycles. The van der Waals surface area contributed by atoms with Crippen molar-refractivity contribution in [1.29, 1.82) is 0 Å². The summed E-state index contributed by atoms with van der Waals surface area (Å²) >= 11 is 0. The van der Waals surface area contributed by atoms with Crippen LogP contribution in [0.15, 0.2) is 48.7 Å². The maximum atomic E-state index is 10.6. The van der Waals surface area contributed by atoms with E-state index in [-0.39, 0.29) is 0 Å². The molecule has 0 saturated heterocycles. The number of rotatable bonds is 5. The van der Waals surface area contributed by atoms with E-state index in [4.69, 9.17) is 0 Å². The molecule has 0 unspecified atom stereocenters. The zero-order chi connectivity index (χ0) is 17.1. The quantitative estimate of drug-likeness (QED) is 0.660. The fourth-order valence-electron chi connectivity index (χ4n) is 3.94. The van der Waals surface area contributed by atoms with Crippen molar-refractivity contribution in [2.24, 2.45) is 0 Å². The van der Waals surface area contributed by atoms with Gasteiger partial charge in [0.05, 0.1) is 17.5 Å². The third-order valence-electron chi connectivity index (χ3n) is 5.33. The average molecular weight is 335 g/mol. The van der Waals surface area contributed by atoms with E-state index in [9.17, 15) is 5.11 Å². The number of aromatic amines is 1. The van der Waals surface area contributed by atoms with Crippen LogP contribution in [-0.2, 0) is 6.54 Å². The summed E-state index contributed by atoms with van der Waals surface area (Å²) in [5.74, 6) is 0. The number of aromatic nitrogens is 2. The van der Waals surface area contributed by atoms with Crippen LogP contribution in [0.1, 0.15) is 37.7 Å². The van der Waals surface area contributed by atoms with Crippen molar-refractivity contribution in [3.05, 3.63) is 54.2 Å². The van der Waals surface area contributed by atoms with E-state index in [1.807, 2.05) is 6.20 Å². The van der Waals surface area contributed by atoms with Crippen molar-refractivity contribution in [2.45, 2.75) is 44.2 Å². The molecule has 1 aliphatic carbocycles. The highest BCUT2D eigenvalue weighted by molar-refractivity contribution is 5.96.